The molecule has 0 spiro atoms. The van der Waals surface area contributed by atoms with Gasteiger partial charge in [0.1, 0.15) is 13.2 Å². The van der Waals surface area contributed by atoms with Gasteiger partial charge in [-0.05, 0) is 37.0 Å². The fourth-order valence-corrected chi connectivity index (χ4v) is 8.65. The molecule has 0 amide bonds. The zero-order valence-electron chi connectivity index (χ0n) is 43.4. The number of unbranched alkanes of at least 4 members (excludes halogenated alkanes) is 33. The molecule has 0 aromatic heterocycles. The molecule has 63 heavy (non-hydrogen) atoms. The summed E-state index contributed by atoms with van der Waals surface area (Å²) >= 11 is 0. The third-order valence-electron chi connectivity index (χ3n) is 12.9. The number of hydrogen-bond acceptors (Lipinski definition) is 6. The molecule has 374 valence electrons. The zero-order valence-corrected chi connectivity index (χ0v) is 43.4. The number of hydrogen-bond donors (Lipinski definition) is 0. The second-order valence-corrected chi connectivity index (χ2v) is 21.0. The molecular weight excluding hydrogens is 781 g/mol. The summed E-state index contributed by atoms with van der Waals surface area (Å²) < 4.78 is 16.8. The summed E-state index contributed by atoms with van der Waals surface area (Å²) in [6, 6.07) is 0. The molecule has 0 heterocycles. The van der Waals surface area contributed by atoms with Gasteiger partial charge in [0.05, 0.1) is 0 Å². The van der Waals surface area contributed by atoms with Gasteiger partial charge >= 0.3 is 17.9 Å². The lowest BCUT2D eigenvalue weighted by Gasteiger charge is -2.18. The third-order valence-corrected chi connectivity index (χ3v) is 12.9. The lowest BCUT2D eigenvalue weighted by Crippen LogP contribution is -2.30. The summed E-state index contributed by atoms with van der Waals surface area (Å²) in [4.78, 5) is 38.0. The standard InChI is InChI=1S/C57H110O6/c1-51(2)43-37-31-25-21-17-13-9-7-8-10-15-19-23-27-34-40-46-55(58)61-49-54(63-57(60)48-42-36-30-29-33-39-45-53(5)6)50-62-56(59)47-41-35-28-24-20-16-12-11-14-18-22-26-32-38-44-52(3)4/h51-54H,7-50H2,1-6H3/t54-/m0/s1. The van der Waals surface area contributed by atoms with Crippen LogP contribution in [0.15, 0.2) is 0 Å². The molecule has 6 heteroatoms. The van der Waals surface area contributed by atoms with Crippen LogP contribution >= 0.6 is 0 Å². The second kappa shape index (κ2) is 48.3. The van der Waals surface area contributed by atoms with Crippen LogP contribution in [0, 0.1) is 17.8 Å². The molecule has 0 aliphatic rings. The Morgan fingerprint density at radius 1 is 0.270 bits per heavy atom. The van der Waals surface area contributed by atoms with E-state index in [0.717, 1.165) is 75.5 Å². The van der Waals surface area contributed by atoms with Gasteiger partial charge in [-0.1, -0.05) is 273 Å². The Labute approximate surface area is 393 Å². The first-order chi connectivity index (χ1) is 30.6. The third kappa shape index (κ3) is 51.3. The first-order valence-electron chi connectivity index (χ1n) is 28.1. The molecule has 0 aromatic carbocycles. The molecule has 0 fully saturated rings. The van der Waals surface area contributed by atoms with Crippen LogP contribution in [0.1, 0.15) is 311 Å². The molecule has 0 N–H and O–H groups in total. The predicted octanol–water partition coefficient (Wildman–Crippen LogP) is 18.3. The Kier molecular flexibility index (Phi) is 47.1. The van der Waals surface area contributed by atoms with Gasteiger partial charge in [-0.3, -0.25) is 14.4 Å². The minimum atomic E-state index is -0.763. The Morgan fingerprint density at radius 2 is 0.460 bits per heavy atom. The van der Waals surface area contributed by atoms with E-state index in [1.54, 1.807) is 0 Å². The van der Waals surface area contributed by atoms with E-state index in [0.29, 0.717) is 19.3 Å². The fraction of sp³-hybridized carbons (Fsp3) is 0.947. The highest BCUT2D eigenvalue weighted by atomic mass is 16.6. The highest BCUT2D eigenvalue weighted by Crippen LogP contribution is 2.18. The van der Waals surface area contributed by atoms with Gasteiger partial charge in [-0.15, -0.1) is 0 Å². The minimum absolute atomic E-state index is 0.0649. The molecular formula is C57H110O6. The van der Waals surface area contributed by atoms with Crippen LogP contribution in [-0.2, 0) is 28.6 Å². The van der Waals surface area contributed by atoms with Gasteiger partial charge in [0, 0.05) is 19.3 Å². The van der Waals surface area contributed by atoms with Gasteiger partial charge in [-0.25, -0.2) is 0 Å². The van der Waals surface area contributed by atoms with Crippen molar-refractivity contribution in [3.8, 4) is 0 Å². The number of esters is 3. The molecule has 0 rings (SSSR count). The average Bonchev–Trinajstić information content (AvgIpc) is 3.24. The second-order valence-electron chi connectivity index (χ2n) is 21.0. The molecule has 0 saturated carbocycles. The summed E-state index contributed by atoms with van der Waals surface area (Å²) in [6.45, 7) is 13.7. The lowest BCUT2D eigenvalue weighted by atomic mass is 10.0. The van der Waals surface area contributed by atoms with Crippen molar-refractivity contribution >= 4 is 17.9 Å². The summed E-state index contributed by atoms with van der Waals surface area (Å²) in [7, 11) is 0. The predicted molar refractivity (Wildman–Crippen MR) is 270 cm³/mol. The van der Waals surface area contributed by atoms with Crippen LogP contribution in [0.4, 0.5) is 0 Å². The first-order valence-corrected chi connectivity index (χ1v) is 28.1. The van der Waals surface area contributed by atoms with Crippen LogP contribution in [0.3, 0.4) is 0 Å². The zero-order chi connectivity index (χ0) is 46.3. The Balaban J connectivity index is 4.19. The van der Waals surface area contributed by atoms with Crippen molar-refractivity contribution in [2.75, 3.05) is 13.2 Å². The summed E-state index contributed by atoms with van der Waals surface area (Å²) in [5, 5.41) is 0. The van der Waals surface area contributed by atoms with Crippen LogP contribution in [0.2, 0.25) is 0 Å². The van der Waals surface area contributed by atoms with E-state index in [-0.39, 0.29) is 31.1 Å². The van der Waals surface area contributed by atoms with Crippen LogP contribution in [-0.4, -0.2) is 37.2 Å². The first kappa shape index (κ1) is 61.4. The minimum Gasteiger partial charge on any atom is -0.462 e. The van der Waals surface area contributed by atoms with Crippen molar-refractivity contribution in [1.82, 2.24) is 0 Å². The normalized spacial score (nSPS) is 12.1. The van der Waals surface area contributed by atoms with E-state index >= 15 is 0 Å². The quantitative estimate of drug-likeness (QED) is 0.0344. The van der Waals surface area contributed by atoms with Crippen molar-refractivity contribution < 1.29 is 28.6 Å². The van der Waals surface area contributed by atoms with Crippen molar-refractivity contribution in [1.29, 1.82) is 0 Å². The van der Waals surface area contributed by atoms with E-state index < -0.39 is 6.10 Å². The molecule has 6 nitrogen and oxygen atoms in total. The van der Waals surface area contributed by atoms with Crippen LogP contribution < -0.4 is 0 Å². The molecule has 1 atom stereocenters. The van der Waals surface area contributed by atoms with E-state index in [1.807, 2.05) is 0 Å². The van der Waals surface area contributed by atoms with Gasteiger partial charge in [0.2, 0.25) is 0 Å². The fourth-order valence-electron chi connectivity index (χ4n) is 8.65. The monoisotopic (exact) mass is 891 g/mol. The van der Waals surface area contributed by atoms with Crippen LogP contribution in [0.25, 0.3) is 0 Å². The van der Waals surface area contributed by atoms with Crippen molar-refractivity contribution in [3.05, 3.63) is 0 Å². The van der Waals surface area contributed by atoms with Gasteiger partial charge in [-0.2, -0.15) is 0 Å². The van der Waals surface area contributed by atoms with Gasteiger partial charge in [0.15, 0.2) is 6.10 Å². The summed E-state index contributed by atoms with van der Waals surface area (Å²) in [5.74, 6) is 1.60. The highest BCUT2D eigenvalue weighted by molar-refractivity contribution is 5.71. The number of carbonyl (C=O) groups excluding carboxylic acids is 3. The van der Waals surface area contributed by atoms with Crippen molar-refractivity contribution in [3.63, 3.8) is 0 Å². The number of rotatable bonds is 50. The highest BCUT2D eigenvalue weighted by Gasteiger charge is 2.19. The Hall–Kier alpha value is -1.59. The molecule has 0 unspecified atom stereocenters. The van der Waals surface area contributed by atoms with Gasteiger partial charge in [0.25, 0.3) is 0 Å². The maximum atomic E-state index is 12.8. The molecule has 0 saturated heterocycles. The number of ether oxygens (including phenoxy) is 3. The van der Waals surface area contributed by atoms with Crippen molar-refractivity contribution in [2.45, 2.75) is 317 Å². The van der Waals surface area contributed by atoms with E-state index in [4.69, 9.17) is 14.2 Å². The Bertz CT molecular complexity index is 976. The maximum absolute atomic E-state index is 12.8. The topological polar surface area (TPSA) is 78.9 Å². The molecule has 0 radical (unpaired) electrons. The lowest BCUT2D eigenvalue weighted by molar-refractivity contribution is -0.167. The van der Waals surface area contributed by atoms with Crippen molar-refractivity contribution in [2.24, 2.45) is 17.8 Å². The van der Waals surface area contributed by atoms with Crippen LogP contribution in [0.5, 0.6) is 0 Å². The SMILES string of the molecule is CC(C)CCCCCCCCCCCCCCCCCCC(=O)OC[C@@H](COC(=O)CCCCCCCCCCCCCCCCC(C)C)OC(=O)CCCCCCCCC(C)C. The average molecular weight is 892 g/mol. The summed E-state index contributed by atoms with van der Waals surface area (Å²) in [5.41, 5.74) is 0. The maximum Gasteiger partial charge on any atom is 0.306 e. The molecule has 0 aliphatic carbocycles. The molecule has 0 bridgehead atoms. The largest absolute Gasteiger partial charge is 0.462 e. The van der Waals surface area contributed by atoms with E-state index in [9.17, 15) is 14.4 Å². The van der Waals surface area contributed by atoms with E-state index in [1.165, 1.54) is 193 Å². The Morgan fingerprint density at radius 3 is 0.683 bits per heavy atom. The smallest absolute Gasteiger partial charge is 0.306 e. The summed E-state index contributed by atoms with van der Waals surface area (Å²) in [6.07, 6.45) is 49.7. The van der Waals surface area contributed by atoms with Gasteiger partial charge < -0.3 is 14.2 Å². The molecule has 0 aromatic rings. The number of carbonyl (C=O) groups is 3. The van der Waals surface area contributed by atoms with E-state index in [2.05, 4.69) is 41.5 Å². The molecule has 0 aliphatic heterocycles.